The summed E-state index contributed by atoms with van der Waals surface area (Å²) in [5, 5.41) is 12.0. The number of fused-ring (bicyclic) bond motifs is 3. The highest BCUT2D eigenvalue weighted by atomic mass is 32.1. The van der Waals surface area contributed by atoms with Gasteiger partial charge in [0.25, 0.3) is 5.56 Å². The van der Waals surface area contributed by atoms with Crippen LogP contribution in [0.25, 0.3) is 27.1 Å². The van der Waals surface area contributed by atoms with E-state index >= 15 is 0 Å². The number of esters is 1. The van der Waals surface area contributed by atoms with Crippen molar-refractivity contribution in [3.63, 3.8) is 0 Å². The molecule has 0 saturated carbocycles. The smallest absolute Gasteiger partial charge is 0.349 e. The maximum absolute atomic E-state index is 12.8. The minimum atomic E-state index is -0.413. The van der Waals surface area contributed by atoms with Crippen LogP contribution in [-0.4, -0.2) is 25.1 Å². The van der Waals surface area contributed by atoms with Crippen LogP contribution in [0, 0.1) is 6.92 Å². The number of rotatable bonds is 4. The molecule has 5 rings (SSSR count). The zero-order valence-electron chi connectivity index (χ0n) is 16.2. The van der Waals surface area contributed by atoms with Crippen LogP contribution in [0.1, 0.15) is 21.1 Å². The Labute approximate surface area is 178 Å². The molecule has 9 heteroatoms. The molecule has 30 heavy (non-hydrogen) atoms. The van der Waals surface area contributed by atoms with Gasteiger partial charge in [-0.15, -0.1) is 32.9 Å². The lowest BCUT2D eigenvalue weighted by Crippen LogP contribution is -2.19. The summed E-state index contributed by atoms with van der Waals surface area (Å²) in [7, 11) is 1.65. The van der Waals surface area contributed by atoms with Crippen LogP contribution in [0.2, 0.25) is 0 Å². The fourth-order valence-electron chi connectivity index (χ4n) is 3.37. The molecule has 0 bridgehead atoms. The average molecular weight is 437 g/mol. The van der Waals surface area contributed by atoms with E-state index in [1.54, 1.807) is 11.4 Å². The number of ether oxygens (including phenoxy) is 1. The third-order valence-corrected chi connectivity index (χ3v) is 6.73. The van der Waals surface area contributed by atoms with E-state index in [0.717, 1.165) is 16.7 Å². The van der Waals surface area contributed by atoms with Crippen molar-refractivity contribution in [2.45, 2.75) is 13.5 Å². The number of hydrogen-bond donors (Lipinski definition) is 0. The second-order valence-corrected chi connectivity index (χ2v) is 8.69. The highest BCUT2D eigenvalue weighted by Crippen LogP contribution is 2.29. The second kappa shape index (κ2) is 7.19. The van der Waals surface area contributed by atoms with Crippen molar-refractivity contribution in [1.82, 2.24) is 19.2 Å². The first-order chi connectivity index (χ1) is 14.5. The van der Waals surface area contributed by atoms with Gasteiger partial charge in [-0.3, -0.25) is 13.8 Å². The standard InChI is InChI=1S/C21H16N4O3S2/c1-12-3-5-13(6-4-12)14-7-9-29-17(14)20(27)28-11-16-22-23-21-24(2)19(26)18-15(25(16)21)8-10-30-18/h3-10H,11H2,1-2H3. The Bertz CT molecular complexity index is 1460. The topological polar surface area (TPSA) is 78.5 Å². The summed E-state index contributed by atoms with van der Waals surface area (Å²) in [6.07, 6.45) is 0. The van der Waals surface area contributed by atoms with Crippen LogP contribution in [0.4, 0.5) is 0 Å². The summed E-state index contributed by atoms with van der Waals surface area (Å²) < 4.78 is 9.40. The van der Waals surface area contributed by atoms with Gasteiger partial charge in [0.05, 0.1) is 5.52 Å². The van der Waals surface area contributed by atoms with E-state index in [1.807, 2.05) is 54.1 Å². The van der Waals surface area contributed by atoms with E-state index in [0.29, 0.717) is 26.7 Å². The first kappa shape index (κ1) is 18.7. The zero-order valence-corrected chi connectivity index (χ0v) is 17.8. The summed E-state index contributed by atoms with van der Waals surface area (Å²) in [5.74, 6) is 0.461. The van der Waals surface area contributed by atoms with Crippen LogP contribution in [0.15, 0.2) is 52.0 Å². The molecule has 0 radical (unpaired) electrons. The molecule has 0 amide bonds. The SMILES string of the molecule is Cc1ccc(-c2ccsc2C(=O)OCc2nnc3n(C)c(=O)c4sccc4n23)cc1. The minimum absolute atomic E-state index is 0.0472. The van der Waals surface area contributed by atoms with Gasteiger partial charge in [-0.05, 0) is 35.4 Å². The van der Waals surface area contributed by atoms with Gasteiger partial charge in [0.2, 0.25) is 5.78 Å². The molecule has 0 aliphatic heterocycles. The van der Waals surface area contributed by atoms with Crippen LogP contribution >= 0.6 is 22.7 Å². The Kier molecular flexibility index (Phi) is 4.48. The number of aryl methyl sites for hydroxylation is 2. The van der Waals surface area contributed by atoms with Crippen LogP contribution in [-0.2, 0) is 18.4 Å². The van der Waals surface area contributed by atoms with Gasteiger partial charge in [0, 0.05) is 12.6 Å². The molecule has 0 atom stereocenters. The van der Waals surface area contributed by atoms with Crippen molar-refractivity contribution in [2.24, 2.45) is 7.05 Å². The average Bonchev–Trinajstić information content (AvgIpc) is 3.49. The highest BCUT2D eigenvalue weighted by molar-refractivity contribution is 7.17. The fraction of sp³-hybridized carbons (Fsp3) is 0.143. The molecule has 0 aliphatic carbocycles. The first-order valence-electron chi connectivity index (χ1n) is 9.16. The summed E-state index contributed by atoms with van der Waals surface area (Å²) >= 11 is 2.71. The molecule has 150 valence electrons. The van der Waals surface area contributed by atoms with Gasteiger partial charge in [0.1, 0.15) is 9.58 Å². The third-order valence-electron chi connectivity index (χ3n) is 4.94. The molecule has 4 heterocycles. The molecule has 5 aromatic rings. The number of nitrogens with zero attached hydrogens (tertiary/aromatic N) is 4. The van der Waals surface area contributed by atoms with Gasteiger partial charge < -0.3 is 4.74 Å². The van der Waals surface area contributed by atoms with E-state index in [1.165, 1.54) is 27.2 Å². The summed E-state index contributed by atoms with van der Waals surface area (Å²) in [6.45, 7) is 1.98. The zero-order chi connectivity index (χ0) is 20.8. The molecular formula is C21H16N4O3S2. The predicted molar refractivity (Wildman–Crippen MR) is 117 cm³/mol. The Morgan fingerprint density at radius 2 is 1.83 bits per heavy atom. The second-order valence-electron chi connectivity index (χ2n) is 6.86. The molecule has 0 spiro atoms. The van der Waals surface area contributed by atoms with Gasteiger partial charge >= 0.3 is 5.97 Å². The maximum Gasteiger partial charge on any atom is 0.349 e. The van der Waals surface area contributed by atoms with E-state index in [2.05, 4.69) is 10.2 Å². The number of aromatic nitrogens is 4. The molecule has 1 aromatic carbocycles. The van der Waals surface area contributed by atoms with Gasteiger partial charge in [-0.25, -0.2) is 4.79 Å². The normalized spacial score (nSPS) is 11.4. The third kappa shape index (κ3) is 2.94. The lowest BCUT2D eigenvalue weighted by molar-refractivity contribution is 0.0468. The Morgan fingerprint density at radius 3 is 2.63 bits per heavy atom. The Balaban J connectivity index is 1.46. The highest BCUT2D eigenvalue weighted by Gasteiger charge is 2.19. The van der Waals surface area contributed by atoms with Crippen molar-refractivity contribution in [1.29, 1.82) is 0 Å². The molecule has 0 saturated heterocycles. The van der Waals surface area contributed by atoms with Gasteiger partial charge in [0.15, 0.2) is 12.4 Å². The maximum atomic E-state index is 12.8. The van der Waals surface area contributed by atoms with Crippen LogP contribution < -0.4 is 5.56 Å². The Morgan fingerprint density at radius 1 is 1.07 bits per heavy atom. The molecule has 0 N–H and O–H groups in total. The lowest BCUT2D eigenvalue weighted by atomic mass is 10.1. The number of carbonyl (C=O) groups is 1. The molecule has 4 aromatic heterocycles. The van der Waals surface area contributed by atoms with Crippen molar-refractivity contribution in [3.05, 3.63) is 73.8 Å². The first-order valence-corrected chi connectivity index (χ1v) is 10.9. The van der Waals surface area contributed by atoms with Crippen molar-refractivity contribution < 1.29 is 9.53 Å². The largest absolute Gasteiger partial charge is 0.453 e. The Hall–Kier alpha value is -3.30. The lowest BCUT2D eigenvalue weighted by Gasteiger charge is -2.07. The summed E-state index contributed by atoms with van der Waals surface area (Å²) in [5.41, 5.74) is 3.57. The number of carbonyl (C=O) groups excluding carboxylic acids is 1. The monoisotopic (exact) mass is 436 g/mol. The molecule has 7 nitrogen and oxygen atoms in total. The molecular weight excluding hydrogens is 420 g/mol. The van der Waals surface area contributed by atoms with Crippen molar-refractivity contribution in [2.75, 3.05) is 0 Å². The van der Waals surface area contributed by atoms with Crippen LogP contribution in [0.5, 0.6) is 0 Å². The number of benzene rings is 1. The summed E-state index contributed by atoms with van der Waals surface area (Å²) in [6, 6.07) is 11.8. The molecule has 0 fully saturated rings. The summed E-state index contributed by atoms with van der Waals surface area (Å²) in [4.78, 5) is 25.8. The quantitative estimate of drug-likeness (QED) is 0.398. The van der Waals surface area contributed by atoms with Crippen molar-refractivity contribution >= 4 is 44.6 Å². The van der Waals surface area contributed by atoms with E-state index in [9.17, 15) is 9.59 Å². The fourth-order valence-corrected chi connectivity index (χ4v) is 5.03. The number of hydrogen-bond acceptors (Lipinski definition) is 7. The van der Waals surface area contributed by atoms with Crippen molar-refractivity contribution in [3.8, 4) is 11.1 Å². The van der Waals surface area contributed by atoms with Gasteiger partial charge in [-0.1, -0.05) is 29.8 Å². The van der Waals surface area contributed by atoms with E-state index < -0.39 is 5.97 Å². The minimum Gasteiger partial charge on any atom is -0.453 e. The molecule has 0 unspecified atom stereocenters. The van der Waals surface area contributed by atoms with Crippen LogP contribution in [0.3, 0.4) is 0 Å². The van der Waals surface area contributed by atoms with Gasteiger partial charge in [-0.2, -0.15) is 0 Å². The van der Waals surface area contributed by atoms with E-state index in [-0.39, 0.29) is 12.2 Å². The van der Waals surface area contributed by atoms with E-state index in [4.69, 9.17) is 4.74 Å². The number of thiophene rings is 2. The predicted octanol–water partition coefficient (Wildman–Crippen LogP) is 4.04. The molecule has 0 aliphatic rings.